The van der Waals surface area contributed by atoms with Crippen LogP contribution in [0.5, 0.6) is 0 Å². The second-order valence-electron chi connectivity index (χ2n) is 19.3. The molecule has 5 fully saturated rings. The molecule has 0 unspecified atom stereocenters. The minimum absolute atomic E-state index is 0.869. The zero-order chi connectivity index (χ0) is 59.1. The molecule has 37 heteroatoms. The molecule has 36 nitrogen and oxygen atoms in total. The molecule has 0 aliphatic carbocycles. The minimum Gasteiger partial charge on any atom is -0.394 e. The Labute approximate surface area is 449 Å². The zero-order valence-electron chi connectivity index (χ0n) is 42.5. The fourth-order valence-corrected chi connectivity index (χ4v) is 9.90. The zero-order valence-corrected chi connectivity index (χ0v) is 43.3. The molecule has 29 atom stereocenters. The smallest absolute Gasteiger partial charge is 0.394 e. The summed E-state index contributed by atoms with van der Waals surface area (Å²) in [5, 5.41) is 180. The summed E-state index contributed by atoms with van der Waals surface area (Å²) in [5.41, 5.74) is 0. The fourth-order valence-electron chi connectivity index (χ4n) is 9.39. The van der Waals surface area contributed by atoms with E-state index in [1.807, 2.05) is 0 Å². The van der Waals surface area contributed by atoms with Gasteiger partial charge in [-0.1, -0.05) is 0 Å². The highest BCUT2D eigenvalue weighted by Crippen LogP contribution is 2.35. The van der Waals surface area contributed by atoms with Crippen molar-refractivity contribution in [3.05, 3.63) is 0 Å². The van der Waals surface area contributed by atoms with E-state index in [2.05, 4.69) is 20.1 Å². The van der Waals surface area contributed by atoms with Gasteiger partial charge in [-0.05, 0) is 6.92 Å². The van der Waals surface area contributed by atoms with Crippen LogP contribution in [0.4, 0.5) is 0 Å². The van der Waals surface area contributed by atoms with Crippen LogP contribution in [-0.2, 0) is 76.3 Å². The first kappa shape index (κ1) is 67.0. The number of hydrogen-bond donors (Lipinski definition) is 20. The average Bonchev–Trinajstić information content (AvgIpc) is 3.44. The number of rotatable bonds is 24. The molecule has 0 spiro atoms. The van der Waals surface area contributed by atoms with Crippen LogP contribution in [0.2, 0.25) is 0 Å². The quantitative estimate of drug-likeness (QED) is 0.0399. The molecule has 79 heavy (non-hydrogen) atoms. The number of carbonyl (C=O) groups excluding carboxylic acids is 3. The molecule has 460 valence electrons. The molecular formula is C42H73N3O33S. The Morgan fingerprint density at radius 3 is 1.56 bits per heavy atom. The standard InChI is InChI=1S/C42H73N3O33S/c1-11-23(55)29(61)31(63)40(69-11)77-37-30(62)25(57)17(6-47)72-42(37)76-35-22(45-14(4)53)39(70-18(7-48)26(35)58)74-33(15(5-46)43-12(2)51)24(56)16(54)10-68-38-21(44-13(3)52)28(60)34(20(9-50)73-38)75-41-32(64)36(78-79(65,66)67)27(59)19(8-49)71-41/h11,15-42,46-50,54-64H,5-10H2,1-4H3,(H,43,51)(H,44,52)(H,45,53)(H,65,66,67)/t11-,15-,16+,17+,18+,19+,20+,21+,22+,23+,24-,25-,26+,27-,28+,29+,30-,31-,32+,33+,34+,35+,36-,37+,38+,39-,40-,41-,42-/m0/s1. The first-order valence-electron chi connectivity index (χ1n) is 24.5. The lowest BCUT2D eigenvalue weighted by atomic mass is 9.94. The van der Waals surface area contributed by atoms with E-state index in [1.165, 1.54) is 6.92 Å². The lowest BCUT2D eigenvalue weighted by molar-refractivity contribution is -0.382. The van der Waals surface area contributed by atoms with E-state index in [0.29, 0.717) is 0 Å². The van der Waals surface area contributed by atoms with Crippen LogP contribution in [0.3, 0.4) is 0 Å². The highest BCUT2D eigenvalue weighted by Gasteiger charge is 2.57. The Balaban J connectivity index is 1.42. The van der Waals surface area contributed by atoms with E-state index in [4.69, 9.17) is 47.4 Å². The fraction of sp³-hybridized carbons (Fsp3) is 0.929. The molecule has 5 heterocycles. The first-order chi connectivity index (χ1) is 37.0. The van der Waals surface area contributed by atoms with Crippen molar-refractivity contribution in [2.24, 2.45) is 0 Å². The molecule has 0 bridgehead atoms. The van der Waals surface area contributed by atoms with Crippen LogP contribution >= 0.6 is 0 Å². The SMILES string of the molecule is CC(=O)N[C@H]1[C@H](OC[C@@H](O)[C@H](O)[C@H](O[C@@H]2O[C@H](CO)[C@@H](O)[C@H](O[C@@H]3O[C@H](CO)[C@H](O)[C@H](O)[C@H]3O[C@@H]3O[C@@H](C)[C@@H](O)[C@@H](O)[C@@H]3O)[C@H]2NC(C)=O)[C@H](CO)NC(C)=O)O[C@H](CO)[C@@H](O[C@@H]2O[C@H](CO)[C@H](O)[C@H](OS(=O)(=O)O)[C@H]2O)[C@@H]1O. The number of amides is 3. The molecule has 0 aromatic heterocycles. The van der Waals surface area contributed by atoms with Crippen molar-refractivity contribution < 1.29 is 161 Å². The highest BCUT2D eigenvalue weighted by atomic mass is 32.3. The number of aliphatic hydroxyl groups is 16. The van der Waals surface area contributed by atoms with Gasteiger partial charge in [0.2, 0.25) is 17.7 Å². The van der Waals surface area contributed by atoms with Crippen LogP contribution in [0.1, 0.15) is 27.7 Å². The van der Waals surface area contributed by atoms with Gasteiger partial charge >= 0.3 is 10.4 Å². The third-order valence-electron chi connectivity index (χ3n) is 13.4. The molecule has 20 N–H and O–H groups in total. The molecule has 0 radical (unpaired) electrons. The molecule has 5 aliphatic rings. The van der Waals surface area contributed by atoms with Crippen LogP contribution in [0.15, 0.2) is 0 Å². The number of ether oxygens (including phenoxy) is 10. The summed E-state index contributed by atoms with van der Waals surface area (Å²) in [6, 6.07) is -5.39. The molecule has 5 aliphatic heterocycles. The number of carbonyl (C=O) groups is 3. The van der Waals surface area contributed by atoms with Crippen LogP contribution < -0.4 is 16.0 Å². The Bertz CT molecular complexity index is 2060. The van der Waals surface area contributed by atoms with E-state index < -0.39 is 246 Å². The predicted octanol–water partition coefficient (Wildman–Crippen LogP) is -13.2. The summed E-state index contributed by atoms with van der Waals surface area (Å²) in [6.45, 7) is -2.19. The number of hydrogen-bond acceptors (Lipinski definition) is 32. The van der Waals surface area contributed by atoms with Gasteiger partial charge in [0.1, 0.15) is 134 Å². The molecule has 0 aromatic carbocycles. The van der Waals surface area contributed by atoms with Crippen molar-refractivity contribution in [2.45, 2.75) is 205 Å². The van der Waals surface area contributed by atoms with E-state index in [9.17, 15) is 109 Å². The summed E-state index contributed by atoms with van der Waals surface area (Å²) in [6.07, 6.45) is -51.2. The van der Waals surface area contributed by atoms with Crippen molar-refractivity contribution in [3.63, 3.8) is 0 Å². The highest BCUT2D eigenvalue weighted by molar-refractivity contribution is 7.80. The van der Waals surface area contributed by atoms with Gasteiger partial charge in [-0.3, -0.25) is 18.9 Å². The topological polar surface area (TPSA) is 567 Å². The monoisotopic (exact) mass is 1180 g/mol. The van der Waals surface area contributed by atoms with E-state index in [1.54, 1.807) is 0 Å². The lowest BCUT2D eigenvalue weighted by Crippen LogP contribution is -2.70. The largest absolute Gasteiger partial charge is 0.397 e. The minimum atomic E-state index is -5.37. The summed E-state index contributed by atoms with van der Waals surface area (Å²) >= 11 is 0. The Morgan fingerprint density at radius 2 is 1.01 bits per heavy atom. The summed E-state index contributed by atoms with van der Waals surface area (Å²) < 4.78 is 94.1. The third kappa shape index (κ3) is 16.3. The maximum atomic E-state index is 12.9. The maximum Gasteiger partial charge on any atom is 0.397 e. The second-order valence-corrected chi connectivity index (χ2v) is 20.3. The molecule has 0 saturated carbocycles. The normalized spacial score (nSPS) is 42.8. The van der Waals surface area contributed by atoms with Gasteiger partial charge in [0.15, 0.2) is 31.5 Å². The van der Waals surface area contributed by atoms with Gasteiger partial charge in [0.05, 0.1) is 51.8 Å². The third-order valence-corrected chi connectivity index (χ3v) is 13.9. The molecule has 3 amide bonds. The number of aliphatic hydroxyl groups excluding tert-OH is 16. The first-order valence-corrected chi connectivity index (χ1v) is 25.9. The summed E-state index contributed by atoms with van der Waals surface area (Å²) in [5.74, 6) is -2.66. The molecular weight excluding hydrogens is 1110 g/mol. The van der Waals surface area contributed by atoms with Gasteiger partial charge in [0.25, 0.3) is 0 Å². The predicted molar refractivity (Wildman–Crippen MR) is 245 cm³/mol. The maximum absolute atomic E-state index is 12.9. The summed E-state index contributed by atoms with van der Waals surface area (Å²) in [7, 11) is -5.37. The average molecular weight is 1180 g/mol. The summed E-state index contributed by atoms with van der Waals surface area (Å²) in [4.78, 5) is 37.8. The van der Waals surface area contributed by atoms with Crippen molar-refractivity contribution in [1.82, 2.24) is 16.0 Å². The van der Waals surface area contributed by atoms with Crippen LogP contribution in [0.25, 0.3) is 0 Å². The number of nitrogens with one attached hydrogen (secondary N) is 3. The van der Waals surface area contributed by atoms with Crippen LogP contribution in [-0.4, -0.2) is 330 Å². The van der Waals surface area contributed by atoms with Gasteiger partial charge in [-0.15, -0.1) is 0 Å². The lowest BCUT2D eigenvalue weighted by Gasteiger charge is -2.50. The van der Waals surface area contributed by atoms with Gasteiger partial charge < -0.3 is 145 Å². The second kappa shape index (κ2) is 29.2. The van der Waals surface area contributed by atoms with E-state index >= 15 is 0 Å². The Kier molecular flexibility index (Phi) is 24.7. The molecule has 5 saturated heterocycles. The van der Waals surface area contributed by atoms with Crippen molar-refractivity contribution in [1.29, 1.82) is 0 Å². The van der Waals surface area contributed by atoms with Crippen LogP contribution in [0, 0.1) is 0 Å². The van der Waals surface area contributed by atoms with Gasteiger partial charge in [0, 0.05) is 20.8 Å². The van der Waals surface area contributed by atoms with Crippen molar-refractivity contribution in [2.75, 3.05) is 39.6 Å². The molecule has 5 rings (SSSR count). The van der Waals surface area contributed by atoms with Gasteiger partial charge in [-0.2, -0.15) is 8.42 Å². The molecule has 0 aromatic rings. The van der Waals surface area contributed by atoms with Gasteiger partial charge in [-0.25, -0.2) is 4.18 Å². The Hall–Kier alpha value is -2.76. The van der Waals surface area contributed by atoms with Crippen molar-refractivity contribution >= 4 is 28.1 Å². The van der Waals surface area contributed by atoms with Crippen molar-refractivity contribution in [3.8, 4) is 0 Å². The van der Waals surface area contributed by atoms with E-state index in [0.717, 1.165) is 20.8 Å². The van der Waals surface area contributed by atoms with E-state index in [-0.39, 0.29) is 0 Å². The Morgan fingerprint density at radius 1 is 0.519 bits per heavy atom.